The molecular weight excluding hydrogens is 316 g/mol. The van der Waals surface area contributed by atoms with E-state index in [1.54, 1.807) is 6.07 Å². The van der Waals surface area contributed by atoms with Crippen molar-refractivity contribution in [3.05, 3.63) is 63.4 Å². The van der Waals surface area contributed by atoms with Gasteiger partial charge in [0.25, 0.3) is 5.69 Å². The molecule has 3 aromatic rings. The highest BCUT2D eigenvalue weighted by Crippen LogP contribution is 2.30. The van der Waals surface area contributed by atoms with E-state index in [9.17, 15) is 10.1 Å². The summed E-state index contributed by atoms with van der Waals surface area (Å²) in [5.74, 6) is 0.892. The predicted octanol–water partition coefficient (Wildman–Crippen LogP) is 3.77. The number of anilines is 1. The van der Waals surface area contributed by atoms with E-state index in [-0.39, 0.29) is 5.69 Å². The van der Waals surface area contributed by atoms with Gasteiger partial charge in [0, 0.05) is 26.2 Å². The molecule has 0 fully saturated rings. The van der Waals surface area contributed by atoms with E-state index in [0.29, 0.717) is 11.6 Å². The molecule has 0 aliphatic rings. The van der Waals surface area contributed by atoms with Crippen LogP contribution in [0, 0.1) is 10.1 Å². The molecule has 0 aliphatic heterocycles. The molecule has 0 bridgehead atoms. The molecular formula is C16H15ClN4O2. The first-order chi connectivity index (χ1) is 11.0. The van der Waals surface area contributed by atoms with Crippen LogP contribution in [-0.4, -0.2) is 21.5 Å². The lowest BCUT2D eigenvalue weighted by molar-refractivity contribution is -0.384. The van der Waals surface area contributed by atoms with Crippen LogP contribution in [0.25, 0.3) is 11.0 Å². The van der Waals surface area contributed by atoms with Crippen LogP contribution in [0.1, 0.15) is 5.82 Å². The van der Waals surface area contributed by atoms with Gasteiger partial charge < -0.3 is 9.47 Å². The van der Waals surface area contributed by atoms with E-state index < -0.39 is 4.92 Å². The predicted molar refractivity (Wildman–Crippen MR) is 90.9 cm³/mol. The average molecular weight is 331 g/mol. The van der Waals surface area contributed by atoms with Crippen molar-refractivity contribution in [2.75, 3.05) is 11.9 Å². The lowest BCUT2D eigenvalue weighted by Gasteiger charge is -2.20. The number of hydrogen-bond donors (Lipinski definition) is 0. The molecule has 0 radical (unpaired) electrons. The van der Waals surface area contributed by atoms with Gasteiger partial charge in [-0.15, -0.1) is 0 Å². The summed E-state index contributed by atoms with van der Waals surface area (Å²) in [5.41, 5.74) is 2.71. The van der Waals surface area contributed by atoms with E-state index in [1.807, 2.05) is 47.8 Å². The zero-order valence-corrected chi connectivity index (χ0v) is 13.5. The first-order valence-corrected chi connectivity index (χ1v) is 7.40. The third-order valence-corrected chi connectivity index (χ3v) is 4.11. The van der Waals surface area contributed by atoms with Crippen LogP contribution in [0.2, 0.25) is 5.02 Å². The minimum atomic E-state index is -0.457. The van der Waals surface area contributed by atoms with Crippen molar-refractivity contribution in [1.82, 2.24) is 9.55 Å². The topological polar surface area (TPSA) is 64.2 Å². The normalized spacial score (nSPS) is 10.9. The van der Waals surface area contributed by atoms with Crippen molar-refractivity contribution < 1.29 is 4.92 Å². The fourth-order valence-electron chi connectivity index (χ4n) is 2.55. The zero-order chi connectivity index (χ0) is 16.6. The lowest BCUT2D eigenvalue weighted by Crippen LogP contribution is -2.19. The fourth-order valence-corrected chi connectivity index (χ4v) is 2.87. The Labute approximate surface area is 138 Å². The van der Waals surface area contributed by atoms with Crippen LogP contribution in [0.5, 0.6) is 0 Å². The molecule has 0 atom stereocenters. The van der Waals surface area contributed by atoms with Crippen molar-refractivity contribution in [3.8, 4) is 0 Å². The van der Waals surface area contributed by atoms with Gasteiger partial charge in [0.15, 0.2) is 0 Å². The number of para-hydroxylation sites is 2. The summed E-state index contributed by atoms with van der Waals surface area (Å²) >= 11 is 6.18. The number of aryl methyl sites for hydroxylation is 1. The minimum Gasteiger partial charge on any atom is -0.366 e. The third-order valence-electron chi connectivity index (χ3n) is 3.81. The van der Waals surface area contributed by atoms with Crippen LogP contribution < -0.4 is 4.90 Å². The molecule has 3 rings (SSSR count). The van der Waals surface area contributed by atoms with Crippen molar-refractivity contribution in [1.29, 1.82) is 0 Å². The highest BCUT2D eigenvalue weighted by molar-refractivity contribution is 6.33. The van der Waals surface area contributed by atoms with Gasteiger partial charge in [-0.3, -0.25) is 10.1 Å². The molecule has 0 spiro atoms. The molecule has 2 aromatic carbocycles. The number of nitro benzene ring substituents is 1. The second-order valence-electron chi connectivity index (χ2n) is 5.32. The molecule has 0 unspecified atom stereocenters. The van der Waals surface area contributed by atoms with E-state index in [4.69, 9.17) is 11.6 Å². The van der Waals surface area contributed by atoms with Gasteiger partial charge in [-0.1, -0.05) is 23.7 Å². The summed E-state index contributed by atoms with van der Waals surface area (Å²) < 4.78 is 2.03. The summed E-state index contributed by atoms with van der Waals surface area (Å²) in [4.78, 5) is 16.9. The zero-order valence-electron chi connectivity index (χ0n) is 12.7. The van der Waals surface area contributed by atoms with Crippen LogP contribution in [0.4, 0.5) is 11.4 Å². The summed E-state index contributed by atoms with van der Waals surface area (Å²) in [5, 5.41) is 11.1. The molecule has 0 saturated carbocycles. The molecule has 0 aliphatic carbocycles. The van der Waals surface area contributed by atoms with E-state index in [0.717, 1.165) is 22.5 Å². The molecule has 0 saturated heterocycles. The fraction of sp³-hybridized carbons (Fsp3) is 0.188. The standard InChI is InChI=1S/C16H15ClN4O2/c1-19(14-8-7-11(21(22)23)9-12(14)17)10-16-18-13-5-3-4-6-15(13)20(16)2/h3-9H,10H2,1-2H3. The summed E-state index contributed by atoms with van der Waals surface area (Å²) in [6.07, 6.45) is 0. The minimum absolute atomic E-state index is 0.0186. The summed E-state index contributed by atoms with van der Waals surface area (Å²) in [7, 11) is 3.85. The molecule has 0 N–H and O–H groups in total. The second-order valence-corrected chi connectivity index (χ2v) is 5.73. The van der Waals surface area contributed by atoms with Crippen LogP contribution in [-0.2, 0) is 13.6 Å². The number of fused-ring (bicyclic) bond motifs is 1. The molecule has 7 heteroatoms. The Bertz CT molecular complexity index is 891. The van der Waals surface area contributed by atoms with E-state index >= 15 is 0 Å². The van der Waals surface area contributed by atoms with Gasteiger partial charge in [0.05, 0.1) is 33.2 Å². The number of nitrogens with zero attached hydrogens (tertiary/aromatic N) is 4. The Balaban J connectivity index is 1.90. The Morgan fingerprint density at radius 3 is 2.70 bits per heavy atom. The second kappa shape index (κ2) is 5.89. The maximum Gasteiger partial charge on any atom is 0.271 e. The van der Waals surface area contributed by atoms with E-state index in [2.05, 4.69) is 4.98 Å². The maximum atomic E-state index is 10.8. The van der Waals surface area contributed by atoms with Crippen LogP contribution in [0.3, 0.4) is 0 Å². The molecule has 118 valence electrons. The van der Waals surface area contributed by atoms with Gasteiger partial charge in [-0.25, -0.2) is 4.98 Å². The number of rotatable bonds is 4. The van der Waals surface area contributed by atoms with E-state index in [1.165, 1.54) is 12.1 Å². The number of halogens is 1. The SMILES string of the molecule is CN(Cc1nc2ccccc2n1C)c1ccc([N+](=O)[O-])cc1Cl. The van der Waals surface area contributed by atoms with Gasteiger partial charge in [-0.2, -0.15) is 0 Å². The molecule has 23 heavy (non-hydrogen) atoms. The van der Waals surface area contributed by atoms with Gasteiger partial charge >= 0.3 is 0 Å². The quantitative estimate of drug-likeness (QED) is 0.539. The third kappa shape index (κ3) is 2.85. The van der Waals surface area contributed by atoms with Crippen molar-refractivity contribution in [2.24, 2.45) is 7.05 Å². The maximum absolute atomic E-state index is 10.8. The number of hydrogen-bond acceptors (Lipinski definition) is 4. The summed E-state index contributed by atoms with van der Waals surface area (Å²) in [6, 6.07) is 12.4. The first-order valence-electron chi connectivity index (χ1n) is 7.03. The van der Waals surface area contributed by atoms with Crippen molar-refractivity contribution in [2.45, 2.75) is 6.54 Å². The number of benzene rings is 2. The Morgan fingerprint density at radius 2 is 2.04 bits per heavy atom. The van der Waals surface area contributed by atoms with Crippen LogP contribution in [0.15, 0.2) is 42.5 Å². The largest absolute Gasteiger partial charge is 0.366 e. The highest BCUT2D eigenvalue weighted by atomic mass is 35.5. The lowest BCUT2D eigenvalue weighted by atomic mass is 10.2. The Hall–Kier alpha value is -2.60. The van der Waals surface area contributed by atoms with Gasteiger partial charge in [0.2, 0.25) is 0 Å². The first kappa shape index (κ1) is 15.3. The number of nitro groups is 1. The number of imidazole rings is 1. The molecule has 0 amide bonds. The molecule has 1 aromatic heterocycles. The molecule has 6 nitrogen and oxygen atoms in total. The number of aromatic nitrogens is 2. The smallest absolute Gasteiger partial charge is 0.271 e. The Morgan fingerprint density at radius 1 is 1.30 bits per heavy atom. The Kier molecular flexibility index (Phi) is 3.92. The summed E-state index contributed by atoms with van der Waals surface area (Å²) in [6.45, 7) is 0.544. The molecule has 1 heterocycles. The monoisotopic (exact) mass is 330 g/mol. The van der Waals surface area contributed by atoms with Crippen LogP contribution >= 0.6 is 11.6 Å². The number of non-ortho nitro benzene ring substituents is 1. The highest BCUT2D eigenvalue weighted by Gasteiger charge is 2.15. The van der Waals surface area contributed by atoms with Gasteiger partial charge in [0.1, 0.15) is 5.82 Å². The average Bonchev–Trinajstić information content (AvgIpc) is 2.83. The van der Waals surface area contributed by atoms with Gasteiger partial charge in [-0.05, 0) is 18.2 Å². The van der Waals surface area contributed by atoms with Crippen molar-refractivity contribution >= 4 is 34.0 Å². The van der Waals surface area contributed by atoms with Crippen molar-refractivity contribution in [3.63, 3.8) is 0 Å².